The molecular weight excluding hydrogens is 304 g/mol. The molecule has 0 saturated carbocycles. The van der Waals surface area contributed by atoms with E-state index >= 15 is 0 Å². The maximum absolute atomic E-state index is 12.1. The van der Waals surface area contributed by atoms with E-state index in [0.29, 0.717) is 5.56 Å². The maximum Gasteiger partial charge on any atom is 0.338 e. The molecule has 24 heavy (non-hydrogen) atoms. The zero-order valence-corrected chi connectivity index (χ0v) is 14.4. The quantitative estimate of drug-likeness (QED) is 0.826. The lowest BCUT2D eigenvalue weighted by atomic mass is 10.1. The fraction of sp³-hybridized carbons (Fsp3) is 0.263. The van der Waals surface area contributed by atoms with Crippen molar-refractivity contribution >= 4 is 23.3 Å². The van der Waals surface area contributed by atoms with Gasteiger partial charge in [0.05, 0.1) is 19.2 Å². The monoisotopic (exact) mass is 326 g/mol. The number of benzene rings is 2. The normalized spacial score (nSPS) is 10.2. The number of hydrogen-bond donors (Lipinski definition) is 2. The highest BCUT2D eigenvalue weighted by Gasteiger charge is 2.12. The number of anilines is 2. The van der Waals surface area contributed by atoms with Gasteiger partial charge in [0.25, 0.3) is 0 Å². The van der Waals surface area contributed by atoms with Gasteiger partial charge in [0.2, 0.25) is 5.91 Å². The van der Waals surface area contributed by atoms with Crippen molar-refractivity contribution in [3.63, 3.8) is 0 Å². The summed E-state index contributed by atoms with van der Waals surface area (Å²) in [5.74, 6) is -0.541. The summed E-state index contributed by atoms with van der Waals surface area (Å²) in [6.07, 6.45) is 0. The van der Waals surface area contributed by atoms with E-state index in [9.17, 15) is 9.59 Å². The van der Waals surface area contributed by atoms with Crippen molar-refractivity contribution in [2.45, 2.75) is 20.8 Å². The molecule has 126 valence electrons. The number of amides is 1. The molecular formula is C19H22N2O3. The molecule has 2 N–H and O–H groups in total. The molecule has 0 saturated heterocycles. The lowest BCUT2D eigenvalue weighted by Crippen LogP contribution is -2.22. The first-order valence-electron chi connectivity index (χ1n) is 7.71. The molecule has 0 aliphatic heterocycles. The molecule has 0 fully saturated rings. The van der Waals surface area contributed by atoms with E-state index in [-0.39, 0.29) is 12.5 Å². The highest BCUT2D eigenvalue weighted by atomic mass is 16.5. The number of rotatable bonds is 5. The Labute approximate surface area is 142 Å². The largest absolute Gasteiger partial charge is 0.465 e. The molecule has 0 aromatic heterocycles. The van der Waals surface area contributed by atoms with Gasteiger partial charge in [-0.3, -0.25) is 4.79 Å². The summed E-state index contributed by atoms with van der Waals surface area (Å²) in [5.41, 5.74) is 4.94. The van der Waals surface area contributed by atoms with Crippen LogP contribution < -0.4 is 10.6 Å². The van der Waals surface area contributed by atoms with Crippen molar-refractivity contribution in [1.29, 1.82) is 0 Å². The minimum absolute atomic E-state index is 0.110. The van der Waals surface area contributed by atoms with Gasteiger partial charge in [0, 0.05) is 11.4 Å². The van der Waals surface area contributed by atoms with Gasteiger partial charge in [0.15, 0.2) is 0 Å². The second kappa shape index (κ2) is 7.64. The zero-order valence-electron chi connectivity index (χ0n) is 14.4. The van der Waals surface area contributed by atoms with Gasteiger partial charge in [-0.25, -0.2) is 4.79 Å². The van der Waals surface area contributed by atoms with Gasteiger partial charge in [0.1, 0.15) is 0 Å². The van der Waals surface area contributed by atoms with Crippen LogP contribution in [0.2, 0.25) is 0 Å². The zero-order chi connectivity index (χ0) is 17.7. The summed E-state index contributed by atoms with van der Waals surface area (Å²) < 4.78 is 4.75. The Hall–Kier alpha value is -2.82. The molecule has 0 aliphatic rings. The van der Waals surface area contributed by atoms with Crippen LogP contribution in [0.3, 0.4) is 0 Å². The van der Waals surface area contributed by atoms with Crippen LogP contribution in [0.15, 0.2) is 36.4 Å². The Kier molecular flexibility index (Phi) is 5.58. The Balaban J connectivity index is 2.03. The predicted molar refractivity (Wildman–Crippen MR) is 95.6 cm³/mol. The highest BCUT2D eigenvalue weighted by molar-refractivity contribution is 5.95. The van der Waals surface area contributed by atoms with Crippen LogP contribution in [0, 0.1) is 20.8 Å². The molecule has 5 heteroatoms. The average Bonchev–Trinajstić information content (AvgIpc) is 2.56. The van der Waals surface area contributed by atoms with Crippen molar-refractivity contribution in [1.82, 2.24) is 0 Å². The molecule has 2 aromatic carbocycles. The summed E-state index contributed by atoms with van der Waals surface area (Å²) in [6.45, 7) is 5.90. The number of aryl methyl sites for hydroxylation is 2. The molecule has 2 aromatic rings. The molecule has 0 spiro atoms. The standard InChI is InChI=1S/C19H22N2O3/c1-12-8-9-16(13(2)10-12)21-18(22)11-20-17-7-5-6-15(14(17)3)19(23)24-4/h5-10,20H,11H2,1-4H3,(H,21,22). The number of carbonyl (C=O) groups excluding carboxylic acids is 2. The van der Waals surface area contributed by atoms with E-state index < -0.39 is 5.97 Å². The highest BCUT2D eigenvalue weighted by Crippen LogP contribution is 2.20. The summed E-state index contributed by atoms with van der Waals surface area (Å²) in [5, 5.41) is 5.95. The summed E-state index contributed by atoms with van der Waals surface area (Å²) >= 11 is 0. The molecule has 0 radical (unpaired) electrons. The van der Waals surface area contributed by atoms with Crippen molar-refractivity contribution in [3.8, 4) is 0 Å². The van der Waals surface area contributed by atoms with Crippen LogP contribution in [0.25, 0.3) is 0 Å². The minimum atomic E-state index is -0.393. The maximum atomic E-state index is 12.1. The average molecular weight is 326 g/mol. The van der Waals surface area contributed by atoms with Crippen molar-refractivity contribution < 1.29 is 14.3 Å². The Morgan fingerprint density at radius 2 is 1.79 bits per heavy atom. The van der Waals surface area contributed by atoms with Crippen LogP contribution in [-0.4, -0.2) is 25.5 Å². The third-order valence-corrected chi connectivity index (χ3v) is 3.83. The molecule has 0 heterocycles. The smallest absolute Gasteiger partial charge is 0.338 e. The summed E-state index contributed by atoms with van der Waals surface area (Å²) in [4.78, 5) is 23.8. The predicted octanol–water partition coefficient (Wildman–Crippen LogP) is 3.45. The van der Waals surface area contributed by atoms with Crippen LogP contribution in [0.1, 0.15) is 27.0 Å². The van der Waals surface area contributed by atoms with Gasteiger partial charge in [-0.2, -0.15) is 0 Å². The first-order chi connectivity index (χ1) is 11.4. The number of nitrogens with one attached hydrogen (secondary N) is 2. The molecule has 1 amide bonds. The molecule has 0 bridgehead atoms. The first-order valence-corrected chi connectivity index (χ1v) is 7.71. The lowest BCUT2D eigenvalue weighted by Gasteiger charge is -2.13. The summed E-state index contributed by atoms with van der Waals surface area (Å²) in [7, 11) is 1.35. The Morgan fingerprint density at radius 1 is 1.04 bits per heavy atom. The molecule has 0 aliphatic carbocycles. The van der Waals surface area contributed by atoms with E-state index in [1.165, 1.54) is 7.11 Å². The number of methoxy groups -OCH3 is 1. The Morgan fingerprint density at radius 3 is 2.46 bits per heavy atom. The fourth-order valence-corrected chi connectivity index (χ4v) is 2.48. The number of hydrogen-bond acceptors (Lipinski definition) is 4. The van der Waals surface area contributed by atoms with Gasteiger partial charge in [-0.1, -0.05) is 23.8 Å². The molecule has 2 rings (SSSR count). The van der Waals surface area contributed by atoms with Crippen molar-refractivity contribution in [2.24, 2.45) is 0 Å². The summed E-state index contributed by atoms with van der Waals surface area (Å²) in [6, 6.07) is 11.1. The van der Waals surface area contributed by atoms with Crippen LogP contribution in [-0.2, 0) is 9.53 Å². The van der Waals surface area contributed by atoms with E-state index in [4.69, 9.17) is 4.74 Å². The van der Waals surface area contributed by atoms with Gasteiger partial charge < -0.3 is 15.4 Å². The van der Waals surface area contributed by atoms with Crippen LogP contribution >= 0.6 is 0 Å². The third-order valence-electron chi connectivity index (χ3n) is 3.83. The van der Waals surface area contributed by atoms with Crippen molar-refractivity contribution in [2.75, 3.05) is 24.3 Å². The van der Waals surface area contributed by atoms with Crippen LogP contribution in [0.5, 0.6) is 0 Å². The molecule has 5 nitrogen and oxygen atoms in total. The van der Waals surface area contributed by atoms with E-state index in [1.807, 2.05) is 45.0 Å². The molecule has 0 unspecified atom stereocenters. The van der Waals surface area contributed by atoms with Gasteiger partial charge in [-0.05, 0) is 50.1 Å². The number of esters is 1. The van der Waals surface area contributed by atoms with Gasteiger partial charge >= 0.3 is 5.97 Å². The van der Waals surface area contributed by atoms with Crippen LogP contribution in [0.4, 0.5) is 11.4 Å². The van der Waals surface area contributed by atoms with Crippen molar-refractivity contribution in [3.05, 3.63) is 58.7 Å². The number of ether oxygens (including phenoxy) is 1. The van der Waals surface area contributed by atoms with E-state index in [2.05, 4.69) is 10.6 Å². The first kappa shape index (κ1) is 17.5. The second-order valence-corrected chi connectivity index (χ2v) is 5.69. The minimum Gasteiger partial charge on any atom is -0.465 e. The molecule has 0 atom stereocenters. The third kappa shape index (κ3) is 4.13. The number of carbonyl (C=O) groups is 2. The second-order valence-electron chi connectivity index (χ2n) is 5.69. The van der Waals surface area contributed by atoms with E-state index in [1.54, 1.807) is 12.1 Å². The fourth-order valence-electron chi connectivity index (χ4n) is 2.48. The van der Waals surface area contributed by atoms with E-state index in [0.717, 1.165) is 28.1 Å². The lowest BCUT2D eigenvalue weighted by molar-refractivity contribution is -0.114. The Bertz CT molecular complexity index is 769. The van der Waals surface area contributed by atoms with Gasteiger partial charge in [-0.15, -0.1) is 0 Å². The SMILES string of the molecule is COC(=O)c1cccc(NCC(=O)Nc2ccc(C)cc2C)c1C. The topological polar surface area (TPSA) is 67.4 Å².